The Bertz CT molecular complexity index is 169. The highest BCUT2D eigenvalue weighted by atomic mass is 19.1. The van der Waals surface area contributed by atoms with E-state index in [-0.39, 0.29) is 5.92 Å². The molecule has 0 spiro atoms. The molecule has 2 heteroatoms. The summed E-state index contributed by atoms with van der Waals surface area (Å²) >= 11 is 0. The molecule has 0 aliphatic carbocycles. The molecule has 1 nitrogen and oxygen atoms in total. The van der Waals surface area contributed by atoms with Gasteiger partial charge in [0.05, 0.1) is 0 Å². The fourth-order valence-electron chi connectivity index (χ4n) is 2.22. The van der Waals surface area contributed by atoms with Gasteiger partial charge in [-0.05, 0) is 38.1 Å². The quantitative estimate of drug-likeness (QED) is 0.701. The van der Waals surface area contributed by atoms with Gasteiger partial charge in [-0.3, -0.25) is 0 Å². The fraction of sp³-hybridized carbons (Fsp3) is 1.00. The summed E-state index contributed by atoms with van der Waals surface area (Å²) in [6, 6.07) is 0.333. The third-order valence-electron chi connectivity index (χ3n) is 3.49. The molecule has 1 saturated heterocycles. The second kappa shape index (κ2) is 3.95. The lowest BCUT2D eigenvalue weighted by Gasteiger charge is -2.40. The van der Waals surface area contributed by atoms with Gasteiger partial charge in [0.25, 0.3) is 0 Å². The Labute approximate surface area is 81.1 Å². The molecule has 1 heterocycles. The van der Waals surface area contributed by atoms with Crippen molar-refractivity contribution >= 4 is 0 Å². The Morgan fingerprint density at radius 3 is 2.46 bits per heavy atom. The molecular formula is C11H22FN. The minimum absolute atomic E-state index is 0.178. The zero-order valence-electron chi connectivity index (χ0n) is 9.23. The number of nitrogens with one attached hydrogen (secondary N) is 1. The predicted octanol–water partition coefficient (Wildman–Crippen LogP) is 2.76. The number of rotatable bonds is 2. The van der Waals surface area contributed by atoms with E-state index < -0.39 is 5.67 Å². The minimum Gasteiger partial charge on any atom is -0.314 e. The van der Waals surface area contributed by atoms with Crippen LogP contribution in [0.5, 0.6) is 0 Å². The number of piperidine rings is 1. The standard InChI is InChI=1S/C11H22FN/c1-8(2)10(4)11(12)5-6-13-9(3)7-11/h8-10,13H,5-7H2,1-4H3. The molecule has 1 fully saturated rings. The van der Waals surface area contributed by atoms with Crippen molar-refractivity contribution in [3.8, 4) is 0 Å². The van der Waals surface area contributed by atoms with Gasteiger partial charge in [0.15, 0.2) is 0 Å². The highest BCUT2D eigenvalue weighted by molar-refractivity contribution is 4.93. The van der Waals surface area contributed by atoms with Gasteiger partial charge < -0.3 is 5.32 Å². The van der Waals surface area contributed by atoms with Gasteiger partial charge in [-0.2, -0.15) is 0 Å². The maximum Gasteiger partial charge on any atom is 0.116 e. The van der Waals surface area contributed by atoms with Gasteiger partial charge in [-0.1, -0.05) is 20.8 Å². The summed E-state index contributed by atoms with van der Waals surface area (Å²) in [6.07, 6.45) is 1.35. The predicted molar refractivity (Wildman–Crippen MR) is 54.5 cm³/mol. The first kappa shape index (κ1) is 11.0. The molecule has 1 N–H and O–H groups in total. The number of halogens is 1. The van der Waals surface area contributed by atoms with Crippen LogP contribution < -0.4 is 5.32 Å². The third-order valence-corrected chi connectivity index (χ3v) is 3.49. The van der Waals surface area contributed by atoms with Crippen LogP contribution in [0.2, 0.25) is 0 Å². The molecular weight excluding hydrogens is 165 g/mol. The average Bonchev–Trinajstić information content (AvgIpc) is 2.02. The number of hydrogen-bond acceptors (Lipinski definition) is 1. The van der Waals surface area contributed by atoms with Crippen LogP contribution in [0.1, 0.15) is 40.5 Å². The van der Waals surface area contributed by atoms with Crippen LogP contribution in [0.25, 0.3) is 0 Å². The summed E-state index contributed by atoms with van der Waals surface area (Å²) in [5.41, 5.74) is -0.932. The molecule has 0 saturated carbocycles. The molecule has 0 aromatic carbocycles. The smallest absolute Gasteiger partial charge is 0.116 e. The lowest BCUT2D eigenvalue weighted by Crippen LogP contribution is -2.48. The molecule has 0 aromatic rings. The first-order valence-corrected chi connectivity index (χ1v) is 5.38. The zero-order valence-corrected chi connectivity index (χ0v) is 9.23. The van der Waals surface area contributed by atoms with Gasteiger partial charge in [0.2, 0.25) is 0 Å². The molecule has 0 bridgehead atoms. The van der Waals surface area contributed by atoms with E-state index in [0.717, 1.165) is 6.54 Å². The van der Waals surface area contributed by atoms with E-state index in [1.54, 1.807) is 0 Å². The molecule has 1 aliphatic heterocycles. The Balaban J connectivity index is 2.63. The molecule has 1 aliphatic rings. The first-order chi connectivity index (χ1) is 5.96. The Morgan fingerprint density at radius 1 is 1.38 bits per heavy atom. The third kappa shape index (κ3) is 2.43. The van der Waals surface area contributed by atoms with Crippen molar-refractivity contribution < 1.29 is 4.39 Å². The SMILES string of the molecule is CC1CC(F)(C(C)C(C)C)CCN1. The Kier molecular flexibility index (Phi) is 3.33. The lowest BCUT2D eigenvalue weighted by atomic mass is 9.75. The van der Waals surface area contributed by atoms with Gasteiger partial charge in [0.1, 0.15) is 5.67 Å². The van der Waals surface area contributed by atoms with E-state index in [2.05, 4.69) is 26.1 Å². The van der Waals surface area contributed by atoms with E-state index in [1.807, 2.05) is 6.92 Å². The molecule has 3 unspecified atom stereocenters. The topological polar surface area (TPSA) is 12.0 Å². The largest absolute Gasteiger partial charge is 0.314 e. The number of hydrogen-bond donors (Lipinski definition) is 1. The van der Waals surface area contributed by atoms with Gasteiger partial charge in [-0.25, -0.2) is 4.39 Å². The van der Waals surface area contributed by atoms with Gasteiger partial charge in [-0.15, -0.1) is 0 Å². The molecule has 0 amide bonds. The second-order valence-corrected chi connectivity index (χ2v) is 4.88. The van der Waals surface area contributed by atoms with Crippen molar-refractivity contribution in [3.63, 3.8) is 0 Å². The van der Waals surface area contributed by atoms with Crippen LogP contribution >= 0.6 is 0 Å². The fourth-order valence-corrected chi connectivity index (χ4v) is 2.22. The van der Waals surface area contributed by atoms with Crippen molar-refractivity contribution in [3.05, 3.63) is 0 Å². The molecule has 3 atom stereocenters. The zero-order chi connectivity index (χ0) is 10.1. The van der Waals surface area contributed by atoms with Crippen LogP contribution in [0.3, 0.4) is 0 Å². The highest BCUT2D eigenvalue weighted by Gasteiger charge is 2.40. The van der Waals surface area contributed by atoms with E-state index in [0.29, 0.717) is 24.8 Å². The minimum atomic E-state index is -0.932. The van der Waals surface area contributed by atoms with Crippen LogP contribution in [0, 0.1) is 11.8 Å². The van der Waals surface area contributed by atoms with Gasteiger partial charge >= 0.3 is 0 Å². The summed E-state index contributed by atoms with van der Waals surface area (Å²) in [7, 11) is 0. The molecule has 0 aromatic heterocycles. The second-order valence-electron chi connectivity index (χ2n) is 4.88. The maximum atomic E-state index is 14.4. The Morgan fingerprint density at radius 2 is 2.00 bits per heavy atom. The van der Waals surface area contributed by atoms with E-state index in [9.17, 15) is 4.39 Å². The molecule has 0 radical (unpaired) electrons. The number of alkyl halides is 1. The van der Waals surface area contributed by atoms with Crippen LogP contribution in [0.4, 0.5) is 4.39 Å². The summed E-state index contributed by atoms with van der Waals surface area (Å²) < 4.78 is 14.4. The average molecular weight is 187 g/mol. The van der Waals surface area contributed by atoms with Crippen molar-refractivity contribution in [2.24, 2.45) is 11.8 Å². The maximum absolute atomic E-state index is 14.4. The van der Waals surface area contributed by atoms with Crippen LogP contribution in [-0.4, -0.2) is 18.3 Å². The van der Waals surface area contributed by atoms with Crippen LogP contribution in [-0.2, 0) is 0 Å². The molecule has 1 rings (SSSR count). The van der Waals surface area contributed by atoms with E-state index in [1.165, 1.54) is 0 Å². The first-order valence-electron chi connectivity index (χ1n) is 5.38. The van der Waals surface area contributed by atoms with Crippen molar-refractivity contribution in [2.45, 2.75) is 52.2 Å². The Hall–Kier alpha value is -0.110. The van der Waals surface area contributed by atoms with Crippen LogP contribution in [0.15, 0.2) is 0 Å². The normalized spacial score (nSPS) is 37.8. The van der Waals surface area contributed by atoms with Crippen molar-refractivity contribution in [2.75, 3.05) is 6.54 Å². The summed E-state index contributed by atoms with van der Waals surface area (Å²) in [6.45, 7) is 9.16. The summed E-state index contributed by atoms with van der Waals surface area (Å²) in [5, 5.41) is 3.29. The lowest BCUT2D eigenvalue weighted by molar-refractivity contribution is 0.0183. The monoisotopic (exact) mass is 187 g/mol. The molecule has 78 valence electrons. The van der Waals surface area contributed by atoms with Crippen molar-refractivity contribution in [1.29, 1.82) is 0 Å². The van der Waals surface area contributed by atoms with E-state index in [4.69, 9.17) is 0 Å². The highest BCUT2D eigenvalue weighted by Crippen LogP contribution is 2.37. The summed E-state index contributed by atoms with van der Waals surface area (Å²) in [5.74, 6) is 0.618. The van der Waals surface area contributed by atoms with E-state index >= 15 is 0 Å². The van der Waals surface area contributed by atoms with Crippen molar-refractivity contribution in [1.82, 2.24) is 5.32 Å². The van der Waals surface area contributed by atoms with Gasteiger partial charge in [0, 0.05) is 6.04 Å². The molecule has 13 heavy (non-hydrogen) atoms. The summed E-state index contributed by atoms with van der Waals surface area (Å²) in [4.78, 5) is 0.